The van der Waals surface area contributed by atoms with Gasteiger partial charge in [-0.05, 0) is 6.07 Å². The Bertz CT molecular complexity index is 454. The lowest BCUT2D eigenvalue weighted by Gasteiger charge is -2.09. The van der Waals surface area contributed by atoms with Crippen LogP contribution in [0.3, 0.4) is 0 Å². The molecule has 0 aromatic heterocycles. The predicted molar refractivity (Wildman–Crippen MR) is 60.4 cm³/mol. The number of hydrogen-bond donors (Lipinski definition) is 2. The number of methoxy groups -OCH3 is 1. The van der Waals surface area contributed by atoms with Gasteiger partial charge < -0.3 is 15.8 Å². The molecule has 0 spiro atoms. The minimum atomic E-state index is -0.430. The summed E-state index contributed by atoms with van der Waals surface area (Å²) in [5, 5.41) is 11.0. The molecule has 0 unspecified atom stereocenters. The Hall–Kier alpha value is -1.93. The van der Waals surface area contributed by atoms with Gasteiger partial charge in [0.1, 0.15) is 12.3 Å². The normalized spacial score (nSPS) is 9.31. The number of ether oxygens (including phenoxy) is 1. The highest BCUT2D eigenvalue weighted by atomic mass is 35.5. The summed E-state index contributed by atoms with van der Waals surface area (Å²) in [5.74, 6) is -0.113. The monoisotopic (exact) mass is 239 g/mol. The van der Waals surface area contributed by atoms with Crippen LogP contribution in [0.1, 0.15) is 10.4 Å². The van der Waals surface area contributed by atoms with Crippen molar-refractivity contribution in [3.8, 4) is 11.8 Å². The summed E-state index contributed by atoms with van der Waals surface area (Å²) >= 11 is 5.80. The Labute approximate surface area is 97.8 Å². The molecule has 1 amide bonds. The van der Waals surface area contributed by atoms with Gasteiger partial charge in [0, 0.05) is 6.07 Å². The Morgan fingerprint density at radius 1 is 1.69 bits per heavy atom. The van der Waals surface area contributed by atoms with Crippen molar-refractivity contribution in [1.82, 2.24) is 5.32 Å². The first-order chi connectivity index (χ1) is 7.60. The number of benzene rings is 1. The van der Waals surface area contributed by atoms with Crippen LogP contribution in [-0.2, 0) is 0 Å². The molecule has 0 heterocycles. The lowest BCUT2D eigenvalue weighted by atomic mass is 10.1. The van der Waals surface area contributed by atoms with Crippen LogP contribution in [0.2, 0.25) is 5.02 Å². The molecule has 0 aliphatic heterocycles. The number of hydrogen-bond acceptors (Lipinski definition) is 4. The fourth-order valence-electron chi connectivity index (χ4n) is 1.13. The number of halogens is 1. The number of rotatable bonds is 3. The summed E-state index contributed by atoms with van der Waals surface area (Å²) in [6.45, 7) is -0.0794. The summed E-state index contributed by atoms with van der Waals surface area (Å²) in [6, 6.07) is 4.67. The van der Waals surface area contributed by atoms with Crippen LogP contribution in [-0.4, -0.2) is 19.6 Å². The topological polar surface area (TPSA) is 88.1 Å². The Morgan fingerprint density at radius 3 is 2.94 bits per heavy atom. The molecule has 0 saturated carbocycles. The van der Waals surface area contributed by atoms with E-state index in [0.717, 1.165) is 0 Å². The number of amides is 1. The van der Waals surface area contributed by atoms with Gasteiger partial charge in [-0.15, -0.1) is 0 Å². The third kappa shape index (κ3) is 2.55. The number of carbonyl (C=O) groups excluding carboxylic acids is 1. The van der Waals surface area contributed by atoms with E-state index in [1.165, 1.54) is 19.2 Å². The van der Waals surface area contributed by atoms with Crippen LogP contribution in [0.25, 0.3) is 0 Å². The van der Waals surface area contributed by atoms with Crippen LogP contribution in [0.4, 0.5) is 5.69 Å². The lowest BCUT2D eigenvalue weighted by molar-refractivity contribution is 0.0955. The van der Waals surface area contributed by atoms with Gasteiger partial charge >= 0.3 is 0 Å². The molecule has 0 aliphatic carbocycles. The van der Waals surface area contributed by atoms with E-state index in [1.54, 1.807) is 6.07 Å². The Balaban J connectivity index is 3.07. The molecule has 0 radical (unpaired) electrons. The highest BCUT2D eigenvalue weighted by Crippen LogP contribution is 2.28. The molecule has 0 saturated heterocycles. The third-order valence-corrected chi connectivity index (χ3v) is 2.22. The maximum Gasteiger partial charge on any atom is 0.255 e. The van der Waals surface area contributed by atoms with E-state index in [-0.39, 0.29) is 17.1 Å². The molecule has 0 aliphatic rings. The lowest BCUT2D eigenvalue weighted by Crippen LogP contribution is -2.24. The molecule has 6 heteroatoms. The first-order valence-electron chi connectivity index (χ1n) is 4.38. The van der Waals surface area contributed by atoms with E-state index in [0.29, 0.717) is 11.4 Å². The Morgan fingerprint density at radius 2 is 2.38 bits per heavy atom. The van der Waals surface area contributed by atoms with Crippen LogP contribution in [0.15, 0.2) is 12.1 Å². The van der Waals surface area contributed by atoms with Crippen molar-refractivity contribution >= 4 is 23.2 Å². The number of anilines is 1. The van der Waals surface area contributed by atoms with E-state index in [1.807, 2.05) is 0 Å². The zero-order valence-electron chi connectivity index (χ0n) is 8.58. The minimum absolute atomic E-state index is 0.0794. The zero-order valence-corrected chi connectivity index (χ0v) is 9.34. The summed E-state index contributed by atoms with van der Waals surface area (Å²) in [5.41, 5.74) is 6.15. The third-order valence-electron chi connectivity index (χ3n) is 1.89. The quantitative estimate of drug-likeness (QED) is 0.613. The van der Waals surface area contributed by atoms with Gasteiger partial charge in [-0.25, -0.2) is 0 Å². The summed E-state index contributed by atoms with van der Waals surface area (Å²) < 4.78 is 5.00. The number of nitrogens with zero attached hydrogens (tertiary/aromatic N) is 1. The molecule has 3 N–H and O–H groups in total. The number of nitrogens with one attached hydrogen (secondary N) is 1. The molecule has 84 valence electrons. The smallest absolute Gasteiger partial charge is 0.255 e. The first-order valence-corrected chi connectivity index (χ1v) is 4.76. The van der Waals surface area contributed by atoms with Gasteiger partial charge in [0.15, 0.2) is 0 Å². The standard InChI is InChI=1S/C10H10ClN3O2/c1-16-9-5-8(13)7(11)4-6(9)10(15)14-3-2-12/h4-5H,3,13H2,1H3,(H,14,15). The van der Waals surface area contributed by atoms with E-state index >= 15 is 0 Å². The number of nitrogen functional groups attached to an aromatic ring is 1. The van der Waals surface area contributed by atoms with E-state index < -0.39 is 5.91 Å². The van der Waals surface area contributed by atoms with Gasteiger partial charge in [0.05, 0.1) is 29.5 Å². The molecule has 1 rings (SSSR count). The summed E-state index contributed by atoms with van der Waals surface area (Å²) in [6.07, 6.45) is 0. The van der Waals surface area contributed by atoms with Crippen LogP contribution in [0.5, 0.6) is 5.75 Å². The van der Waals surface area contributed by atoms with Gasteiger partial charge in [0.25, 0.3) is 5.91 Å². The maximum atomic E-state index is 11.6. The molecule has 5 nitrogen and oxygen atoms in total. The van der Waals surface area contributed by atoms with E-state index in [9.17, 15) is 4.79 Å². The largest absolute Gasteiger partial charge is 0.496 e. The second-order valence-corrected chi connectivity index (χ2v) is 3.32. The number of nitriles is 1. The Kier molecular flexibility index (Phi) is 3.97. The fraction of sp³-hybridized carbons (Fsp3) is 0.200. The van der Waals surface area contributed by atoms with E-state index in [4.69, 9.17) is 27.3 Å². The molecule has 1 aromatic carbocycles. The molecule has 16 heavy (non-hydrogen) atoms. The molecule has 1 aromatic rings. The van der Waals surface area contributed by atoms with Crippen molar-refractivity contribution in [2.75, 3.05) is 19.4 Å². The number of nitrogens with two attached hydrogens (primary N) is 1. The summed E-state index contributed by atoms with van der Waals surface area (Å²) in [4.78, 5) is 11.6. The molecule has 0 atom stereocenters. The van der Waals surface area contributed by atoms with Crippen LogP contribution < -0.4 is 15.8 Å². The van der Waals surface area contributed by atoms with Crippen LogP contribution in [0, 0.1) is 11.3 Å². The maximum absolute atomic E-state index is 11.6. The SMILES string of the molecule is COc1cc(N)c(Cl)cc1C(=O)NCC#N. The fourth-order valence-corrected chi connectivity index (χ4v) is 1.29. The van der Waals surface area contributed by atoms with Gasteiger partial charge in [0.2, 0.25) is 0 Å². The number of carbonyl (C=O) groups is 1. The summed E-state index contributed by atoms with van der Waals surface area (Å²) in [7, 11) is 1.42. The first kappa shape index (κ1) is 12.1. The highest BCUT2D eigenvalue weighted by Gasteiger charge is 2.14. The average Bonchev–Trinajstić information content (AvgIpc) is 2.28. The van der Waals surface area contributed by atoms with Crippen molar-refractivity contribution in [3.05, 3.63) is 22.7 Å². The van der Waals surface area contributed by atoms with Gasteiger partial charge in [-0.2, -0.15) is 5.26 Å². The van der Waals surface area contributed by atoms with Crippen molar-refractivity contribution < 1.29 is 9.53 Å². The van der Waals surface area contributed by atoms with Gasteiger partial charge in [-0.3, -0.25) is 4.79 Å². The van der Waals surface area contributed by atoms with Crippen LogP contribution >= 0.6 is 11.6 Å². The van der Waals surface area contributed by atoms with Gasteiger partial charge in [-0.1, -0.05) is 11.6 Å². The highest BCUT2D eigenvalue weighted by molar-refractivity contribution is 6.33. The second-order valence-electron chi connectivity index (χ2n) is 2.91. The molecular weight excluding hydrogens is 230 g/mol. The minimum Gasteiger partial charge on any atom is -0.496 e. The molecule has 0 fully saturated rings. The van der Waals surface area contributed by atoms with Crippen molar-refractivity contribution in [2.45, 2.75) is 0 Å². The average molecular weight is 240 g/mol. The zero-order chi connectivity index (χ0) is 12.1. The van der Waals surface area contributed by atoms with Crippen molar-refractivity contribution in [2.24, 2.45) is 0 Å². The molecular formula is C10H10ClN3O2. The van der Waals surface area contributed by atoms with E-state index in [2.05, 4.69) is 5.32 Å². The predicted octanol–water partition coefficient (Wildman–Crippen LogP) is 1.18. The van der Waals surface area contributed by atoms with Crippen molar-refractivity contribution in [1.29, 1.82) is 5.26 Å². The second kappa shape index (κ2) is 5.24. The molecule has 0 bridgehead atoms. The van der Waals surface area contributed by atoms with Crippen molar-refractivity contribution in [3.63, 3.8) is 0 Å².